The molecule has 0 aliphatic heterocycles. The van der Waals surface area contributed by atoms with Crippen LogP contribution < -0.4 is 5.32 Å². The Kier molecular flexibility index (Phi) is 7.03. The molecule has 0 aromatic heterocycles. The average Bonchev–Trinajstić information content (AvgIpc) is 3.00. The van der Waals surface area contributed by atoms with Crippen LogP contribution in [0, 0.1) is 5.92 Å². The Morgan fingerprint density at radius 1 is 1.27 bits per heavy atom. The van der Waals surface area contributed by atoms with E-state index in [2.05, 4.69) is 19.2 Å². The van der Waals surface area contributed by atoms with Crippen molar-refractivity contribution in [3.63, 3.8) is 0 Å². The highest BCUT2D eigenvalue weighted by molar-refractivity contribution is 4.77. The highest BCUT2D eigenvalue weighted by atomic mass is 16.5. The lowest BCUT2D eigenvalue weighted by Gasteiger charge is -2.12. The van der Waals surface area contributed by atoms with Crippen molar-refractivity contribution >= 4 is 0 Å². The number of rotatable bonds is 10. The van der Waals surface area contributed by atoms with Gasteiger partial charge in [0.05, 0.1) is 0 Å². The Labute approximate surface area is 94.8 Å². The van der Waals surface area contributed by atoms with Crippen molar-refractivity contribution in [1.29, 1.82) is 0 Å². The number of hydrogen-bond acceptors (Lipinski definition) is 2. The molecule has 0 spiro atoms. The van der Waals surface area contributed by atoms with Gasteiger partial charge in [0.1, 0.15) is 0 Å². The largest absolute Gasteiger partial charge is 0.381 e. The van der Waals surface area contributed by atoms with E-state index in [0.717, 1.165) is 32.1 Å². The van der Waals surface area contributed by atoms with Crippen molar-refractivity contribution in [2.45, 2.75) is 58.4 Å². The van der Waals surface area contributed by atoms with Crippen LogP contribution in [-0.2, 0) is 4.74 Å². The smallest absolute Gasteiger partial charge is 0.0478 e. The first-order chi connectivity index (χ1) is 7.33. The molecule has 0 radical (unpaired) electrons. The monoisotopic (exact) mass is 213 g/mol. The quantitative estimate of drug-likeness (QED) is 0.563. The summed E-state index contributed by atoms with van der Waals surface area (Å²) in [4.78, 5) is 0. The van der Waals surface area contributed by atoms with Gasteiger partial charge in [-0.15, -0.1) is 0 Å². The zero-order valence-corrected chi connectivity index (χ0v) is 10.4. The lowest BCUT2D eigenvalue weighted by Crippen LogP contribution is -2.28. The van der Waals surface area contributed by atoms with Gasteiger partial charge in [-0.3, -0.25) is 0 Å². The summed E-state index contributed by atoms with van der Waals surface area (Å²) in [5, 5.41) is 3.56. The number of ether oxygens (including phenoxy) is 1. The SMILES string of the molecule is CCCCOCCCNC(C)CC1CC1. The first-order valence-corrected chi connectivity index (χ1v) is 6.64. The van der Waals surface area contributed by atoms with Crippen molar-refractivity contribution in [3.05, 3.63) is 0 Å². The maximum atomic E-state index is 5.51. The second-order valence-corrected chi connectivity index (χ2v) is 4.85. The molecule has 1 N–H and O–H groups in total. The van der Waals surface area contributed by atoms with Crippen LogP contribution in [0.4, 0.5) is 0 Å². The summed E-state index contributed by atoms with van der Waals surface area (Å²) in [7, 11) is 0. The second kappa shape index (κ2) is 8.12. The standard InChI is InChI=1S/C13H27NO/c1-3-4-9-15-10-5-8-14-12(2)11-13-6-7-13/h12-14H,3-11H2,1-2H3. The number of nitrogens with one attached hydrogen (secondary N) is 1. The molecule has 0 saturated heterocycles. The number of hydrogen-bond donors (Lipinski definition) is 1. The van der Waals surface area contributed by atoms with Crippen molar-refractivity contribution < 1.29 is 4.74 Å². The van der Waals surface area contributed by atoms with Crippen LogP contribution in [-0.4, -0.2) is 25.8 Å². The van der Waals surface area contributed by atoms with E-state index >= 15 is 0 Å². The molecule has 0 amide bonds. The van der Waals surface area contributed by atoms with Gasteiger partial charge in [-0.25, -0.2) is 0 Å². The van der Waals surface area contributed by atoms with E-state index in [4.69, 9.17) is 4.74 Å². The van der Waals surface area contributed by atoms with E-state index in [-0.39, 0.29) is 0 Å². The lowest BCUT2D eigenvalue weighted by atomic mass is 10.1. The summed E-state index contributed by atoms with van der Waals surface area (Å²) in [6.07, 6.45) is 7.88. The Morgan fingerprint density at radius 2 is 2.00 bits per heavy atom. The van der Waals surface area contributed by atoms with Crippen LogP contribution in [0.25, 0.3) is 0 Å². The molecule has 1 fully saturated rings. The van der Waals surface area contributed by atoms with Gasteiger partial charge in [-0.2, -0.15) is 0 Å². The molecular formula is C13H27NO. The molecule has 1 unspecified atom stereocenters. The molecule has 0 aromatic rings. The fourth-order valence-electron chi connectivity index (χ4n) is 1.81. The van der Waals surface area contributed by atoms with Crippen LogP contribution in [0.2, 0.25) is 0 Å². The van der Waals surface area contributed by atoms with Crippen LogP contribution in [0.5, 0.6) is 0 Å². The Morgan fingerprint density at radius 3 is 2.67 bits per heavy atom. The van der Waals surface area contributed by atoms with Gasteiger partial charge < -0.3 is 10.1 Å². The highest BCUT2D eigenvalue weighted by Crippen LogP contribution is 2.33. The van der Waals surface area contributed by atoms with Gasteiger partial charge in [-0.05, 0) is 38.6 Å². The van der Waals surface area contributed by atoms with Crippen molar-refractivity contribution in [2.24, 2.45) is 5.92 Å². The third-order valence-corrected chi connectivity index (χ3v) is 2.98. The topological polar surface area (TPSA) is 21.3 Å². The first kappa shape index (κ1) is 13.0. The molecular weight excluding hydrogens is 186 g/mol. The normalized spacial score (nSPS) is 18.0. The van der Waals surface area contributed by atoms with Crippen molar-refractivity contribution in [2.75, 3.05) is 19.8 Å². The highest BCUT2D eigenvalue weighted by Gasteiger charge is 2.22. The van der Waals surface area contributed by atoms with Gasteiger partial charge in [0.2, 0.25) is 0 Å². The van der Waals surface area contributed by atoms with Gasteiger partial charge >= 0.3 is 0 Å². The molecule has 2 heteroatoms. The summed E-state index contributed by atoms with van der Waals surface area (Å²) in [6.45, 7) is 7.47. The molecule has 15 heavy (non-hydrogen) atoms. The van der Waals surface area contributed by atoms with Crippen LogP contribution in [0.3, 0.4) is 0 Å². The third kappa shape index (κ3) is 7.80. The van der Waals surface area contributed by atoms with Crippen molar-refractivity contribution in [3.8, 4) is 0 Å². The molecule has 1 aliphatic rings. The number of unbranched alkanes of at least 4 members (excludes halogenated alkanes) is 1. The zero-order valence-electron chi connectivity index (χ0n) is 10.4. The van der Waals surface area contributed by atoms with Crippen molar-refractivity contribution in [1.82, 2.24) is 5.32 Å². The summed E-state index contributed by atoms with van der Waals surface area (Å²) < 4.78 is 5.51. The van der Waals surface area contributed by atoms with E-state index < -0.39 is 0 Å². The zero-order chi connectivity index (χ0) is 10.9. The fourth-order valence-corrected chi connectivity index (χ4v) is 1.81. The average molecular weight is 213 g/mol. The fraction of sp³-hybridized carbons (Fsp3) is 1.00. The molecule has 0 aromatic carbocycles. The summed E-state index contributed by atoms with van der Waals surface area (Å²) in [5.41, 5.74) is 0. The lowest BCUT2D eigenvalue weighted by molar-refractivity contribution is 0.128. The summed E-state index contributed by atoms with van der Waals surface area (Å²) in [5.74, 6) is 1.04. The Balaban J connectivity index is 1.75. The molecule has 1 atom stereocenters. The predicted octanol–water partition coefficient (Wildman–Crippen LogP) is 2.97. The molecule has 1 aliphatic carbocycles. The van der Waals surface area contributed by atoms with Gasteiger partial charge in [-0.1, -0.05) is 26.2 Å². The van der Waals surface area contributed by atoms with E-state index in [0.29, 0.717) is 6.04 Å². The van der Waals surface area contributed by atoms with Crippen LogP contribution in [0.1, 0.15) is 52.4 Å². The first-order valence-electron chi connectivity index (χ1n) is 6.64. The molecule has 90 valence electrons. The second-order valence-electron chi connectivity index (χ2n) is 4.85. The van der Waals surface area contributed by atoms with E-state index in [9.17, 15) is 0 Å². The van der Waals surface area contributed by atoms with Gasteiger partial charge in [0.15, 0.2) is 0 Å². The van der Waals surface area contributed by atoms with Crippen LogP contribution in [0.15, 0.2) is 0 Å². The maximum absolute atomic E-state index is 5.51. The minimum absolute atomic E-state index is 0.702. The molecule has 2 nitrogen and oxygen atoms in total. The maximum Gasteiger partial charge on any atom is 0.0478 e. The van der Waals surface area contributed by atoms with E-state index in [1.54, 1.807) is 0 Å². The Hall–Kier alpha value is -0.0800. The molecule has 1 rings (SSSR count). The minimum atomic E-state index is 0.702. The summed E-state index contributed by atoms with van der Waals surface area (Å²) in [6, 6.07) is 0.702. The third-order valence-electron chi connectivity index (χ3n) is 2.98. The van der Waals surface area contributed by atoms with E-state index in [1.807, 2.05) is 0 Å². The van der Waals surface area contributed by atoms with Gasteiger partial charge in [0.25, 0.3) is 0 Å². The predicted molar refractivity (Wildman–Crippen MR) is 65.1 cm³/mol. The molecule has 0 heterocycles. The van der Waals surface area contributed by atoms with Gasteiger partial charge in [0, 0.05) is 19.3 Å². The van der Waals surface area contributed by atoms with Crippen LogP contribution >= 0.6 is 0 Å². The van der Waals surface area contributed by atoms with E-state index in [1.165, 1.54) is 32.1 Å². The molecule has 0 bridgehead atoms. The minimum Gasteiger partial charge on any atom is -0.381 e. The Bertz CT molecular complexity index is 145. The summed E-state index contributed by atoms with van der Waals surface area (Å²) >= 11 is 0. The molecule has 1 saturated carbocycles.